The molecule has 2 nitrogen and oxygen atoms in total. The van der Waals surface area contributed by atoms with Gasteiger partial charge in [-0.3, -0.25) is 0 Å². The smallest absolute Gasteiger partial charge is 0.125 e. The second kappa shape index (κ2) is 9.46. The molecule has 0 spiro atoms. The molecule has 0 aromatic heterocycles. The molecule has 1 aromatic rings. The summed E-state index contributed by atoms with van der Waals surface area (Å²) in [6.07, 6.45) is 8.89. The van der Waals surface area contributed by atoms with Gasteiger partial charge in [-0.05, 0) is 60.1 Å². The first-order chi connectivity index (χ1) is 11.5. The third kappa shape index (κ3) is 5.51. The van der Waals surface area contributed by atoms with E-state index in [9.17, 15) is 5.11 Å². The highest BCUT2D eigenvalue weighted by Crippen LogP contribution is 2.38. The van der Waals surface area contributed by atoms with Crippen LogP contribution in [0.15, 0.2) is 12.1 Å². The Morgan fingerprint density at radius 3 is 1.96 bits per heavy atom. The first-order valence-electron chi connectivity index (χ1n) is 9.90. The Morgan fingerprint density at radius 1 is 0.958 bits per heavy atom. The van der Waals surface area contributed by atoms with Gasteiger partial charge in [0.15, 0.2) is 0 Å². The largest absolute Gasteiger partial charge is 0.491 e. The fourth-order valence-electron chi connectivity index (χ4n) is 3.97. The first kappa shape index (κ1) is 19.3. The van der Waals surface area contributed by atoms with E-state index in [0.29, 0.717) is 18.4 Å². The molecule has 0 bridgehead atoms. The molecular weight excluding hydrogens is 296 g/mol. The zero-order valence-corrected chi connectivity index (χ0v) is 16.1. The molecule has 1 N–H and O–H groups in total. The molecule has 0 amide bonds. The summed E-state index contributed by atoms with van der Waals surface area (Å²) < 4.78 is 6.01. The topological polar surface area (TPSA) is 29.5 Å². The van der Waals surface area contributed by atoms with Gasteiger partial charge in [-0.2, -0.15) is 0 Å². The van der Waals surface area contributed by atoms with Gasteiger partial charge in [-0.1, -0.05) is 59.1 Å². The van der Waals surface area contributed by atoms with Crippen molar-refractivity contribution < 1.29 is 9.84 Å². The monoisotopic (exact) mass is 332 g/mol. The van der Waals surface area contributed by atoms with E-state index in [4.69, 9.17) is 4.74 Å². The molecule has 0 unspecified atom stereocenters. The van der Waals surface area contributed by atoms with Crippen molar-refractivity contribution in [2.24, 2.45) is 11.8 Å². The van der Waals surface area contributed by atoms with Gasteiger partial charge in [0.2, 0.25) is 0 Å². The summed E-state index contributed by atoms with van der Waals surface area (Å²) in [7, 11) is 0. The molecule has 2 rings (SSSR count). The summed E-state index contributed by atoms with van der Waals surface area (Å²) in [5.74, 6) is 2.98. The second-order valence-corrected chi connectivity index (χ2v) is 8.27. The lowest BCUT2D eigenvalue weighted by Gasteiger charge is -2.26. The highest BCUT2D eigenvalue weighted by atomic mass is 16.5. The average molecular weight is 333 g/mol. The van der Waals surface area contributed by atoms with Crippen LogP contribution in [0.1, 0.15) is 82.4 Å². The molecule has 1 aliphatic carbocycles. The van der Waals surface area contributed by atoms with Crippen molar-refractivity contribution in [3.8, 4) is 5.75 Å². The van der Waals surface area contributed by atoms with Gasteiger partial charge in [0.1, 0.15) is 12.4 Å². The van der Waals surface area contributed by atoms with Crippen molar-refractivity contribution in [3.63, 3.8) is 0 Å². The summed E-state index contributed by atoms with van der Waals surface area (Å²) in [4.78, 5) is 0. The molecule has 0 atom stereocenters. The van der Waals surface area contributed by atoms with Gasteiger partial charge < -0.3 is 9.84 Å². The summed E-state index contributed by atoms with van der Waals surface area (Å²) in [6, 6.07) is 4.82. The number of hydrogen-bond donors (Lipinski definition) is 1. The van der Waals surface area contributed by atoms with Gasteiger partial charge in [-0.25, -0.2) is 0 Å². The normalized spacial score (nSPS) is 16.1. The van der Waals surface area contributed by atoms with Crippen LogP contribution in [-0.4, -0.2) is 18.3 Å². The van der Waals surface area contributed by atoms with Crippen LogP contribution in [0.3, 0.4) is 0 Å². The van der Waals surface area contributed by atoms with E-state index in [2.05, 4.69) is 39.8 Å². The SMILES string of the molecule is CC(C)Cc1cc(C2CCCCC2)cc(CC(C)C)c1OCCO. The van der Waals surface area contributed by atoms with Crippen molar-refractivity contribution in [1.82, 2.24) is 0 Å². The van der Waals surface area contributed by atoms with Crippen LogP contribution in [0.5, 0.6) is 5.75 Å². The van der Waals surface area contributed by atoms with Crippen molar-refractivity contribution in [3.05, 3.63) is 28.8 Å². The lowest BCUT2D eigenvalue weighted by atomic mass is 9.81. The second-order valence-electron chi connectivity index (χ2n) is 8.27. The standard InChI is InChI=1S/C22H36O2/c1-16(2)12-20-14-19(18-8-6-5-7-9-18)15-21(13-17(3)4)22(20)24-11-10-23/h14-18,23H,5-13H2,1-4H3. The highest BCUT2D eigenvalue weighted by molar-refractivity contribution is 5.46. The first-order valence-corrected chi connectivity index (χ1v) is 9.90. The third-order valence-corrected chi connectivity index (χ3v) is 4.94. The van der Waals surface area contributed by atoms with E-state index in [-0.39, 0.29) is 6.61 Å². The molecular formula is C22H36O2. The Bertz CT molecular complexity index is 468. The predicted octanol–water partition coefficient (Wildman–Crippen LogP) is 5.50. The number of aliphatic hydroxyl groups excluding tert-OH is 1. The van der Waals surface area contributed by atoms with Gasteiger partial charge in [0.05, 0.1) is 6.61 Å². The lowest BCUT2D eigenvalue weighted by molar-refractivity contribution is 0.198. The maximum absolute atomic E-state index is 9.21. The number of rotatable bonds is 8. The van der Waals surface area contributed by atoms with E-state index < -0.39 is 0 Å². The Balaban J connectivity index is 2.40. The van der Waals surface area contributed by atoms with Crippen molar-refractivity contribution in [2.75, 3.05) is 13.2 Å². The Hall–Kier alpha value is -1.02. The number of ether oxygens (including phenoxy) is 1. The number of benzene rings is 1. The van der Waals surface area contributed by atoms with Crippen LogP contribution in [0.4, 0.5) is 0 Å². The summed E-state index contributed by atoms with van der Waals surface area (Å²) in [5.41, 5.74) is 4.21. The Morgan fingerprint density at radius 2 is 1.50 bits per heavy atom. The zero-order chi connectivity index (χ0) is 17.5. The summed E-state index contributed by atoms with van der Waals surface area (Å²) >= 11 is 0. The summed E-state index contributed by atoms with van der Waals surface area (Å²) in [5, 5.41) is 9.21. The molecule has 2 heteroatoms. The number of aliphatic hydroxyl groups is 1. The fourth-order valence-corrected chi connectivity index (χ4v) is 3.97. The minimum Gasteiger partial charge on any atom is -0.491 e. The van der Waals surface area contributed by atoms with Crippen LogP contribution < -0.4 is 4.74 Å². The zero-order valence-electron chi connectivity index (χ0n) is 16.1. The Kier molecular flexibility index (Phi) is 7.61. The molecule has 0 heterocycles. The van der Waals surface area contributed by atoms with E-state index in [1.54, 1.807) is 0 Å². The molecule has 136 valence electrons. The van der Waals surface area contributed by atoms with Gasteiger partial charge >= 0.3 is 0 Å². The van der Waals surface area contributed by atoms with Crippen LogP contribution in [0, 0.1) is 11.8 Å². The molecule has 1 aliphatic rings. The maximum atomic E-state index is 9.21. The van der Waals surface area contributed by atoms with E-state index in [1.807, 2.05) is 0 Å². The van der Waals surface area contributed by atoms with Crippen LogP contribution in [0.2, 0.25) is 0 Å². The van der Waals surface area contributed by atoms with Crippen molar-refractivity contribution >= 4 is 0 Å². The van der Waals surface area contributed by atoms with E-state index in [1.165, 1.54) is 48.8 Å². The van der Waals surface area contributed by atoms with Gasteiger partial charge in [0.25, 0.3) is 0 Å². The predicted molar refractivity (Wildman–Crippen MR) is 102 cm³/mol. The van der Waals surface area contributed by atoms with Crippen LogP contribution >= 0.6 is 0 Å². The molecule has 0 aliphatic heterocycles. The molecule has 1 fully saturated rings. The molecule has 1 saturated carbocycles. The minimum absolute atomic E-state index is 0.0760. The van der Waals surface area contributed by atoms with E-state index in [0.717, 1.165) is 24.5 Å². The summed E-state index contributed by atoms with van der Waals surface area (Å²) in [6.45, 7) is 9.54. The Labute approximate surface area is 148 Å². The minimum atomic E-state index is 0.0760. The highest BCUT2D eigenvalue weighted by Gasteiger charge is 2.20. The average Bonchev–Trinajstić information content (AvgIpc) is 2.53. The third-order valence-electron chi connectivity index (χ3n) is 4.94. The molecule has 0 radical (unpaired) electrons. The fraction of sp³-hybridized carbons (Fsp3) is 0.727. The van der Waals surface area contributed by atoms with Crippen LogP contribution in [0.25, 0.3) is 0 Å². The molecule has 24 heavy (non-hydrogen) atoms. The van der Waals surface area contributed by atoms with Crippen LogP contribution in [-0.2, 0) is 12.8 Å². The van der Waals surface area contributed by atoms with Crippen molar-refractivity contribution in [1.29, 1.82) is 0 Å². The quantitative estimate of drug-likeness (QED) is 0.681. The van der Waals surface area contributed by atoms with Gasteiger partial charge in [-0.15, -0.1) is 0 Å². The van der Waals surface area contributed by atoms with E-state index >= 15 is 0 Å². The molecule has 0 saturated heterocycles. The van der Waals surface area contributed by atoms with Crippen molar-refractivity contribution in [2.45, 2.75) is 78.6 Å². The van der Waals surface area contributed by atoms with Gasteiger partial charge in [0, 0.05) is 0 Å². The number of hydrogen-bond acceptors (Lipinski definition) is 2. The maximum Gasteiger partial charge on any atom is 0.125 e. The molecule has 1 aromatic carbocycles. The lowest BCUT2D eigenvalue weighted by Crippen LogP contribution is -2.12.